The zero-order valence-corrected chi connectivity index (χ0v) is 13.7. The van der Waals surface area contributed by atoms with Gasteiger partial charge in [-0.1, -0.05) is 37.3 Å². The molecule has 1 N–H and O–H groups in total. The van der Waals surface area contributed by atoms with Crippen molar-refractivity contribution in [3.63, 3.8) is 0 Å². The van der Waals surface area contributed by atoms with Gasteiger partial charge >= 0.3 is 0 Å². The first-order chi connectivity index (χ1) is 10.3. The van der Waals surface area contributed by atoms with E-state index in [0.717, 1.165) is 26.0 Å². The summed E-state index contributed by atoms with van der Waals surface area (Å²) in [5.74, 6) is 0. The Labute approximate surface area is 132 Å². The molecule has 0 saturated carbocycles. The third-order valence-corrected chi connectivity index (χ3v) is 4.26. The van der Waals surface area contributed by atoms with E-state index in [-0.39, 0.29) is 6.10 Å². The maximum atomic E-state index is 6.08. The molecule has 21 heavy (non-hydrogen) atoms. The molecule has 3 heteroatoms. The van der Waals surface area contributed by atoms with Gasteiger partial charge in [0.05, 0.1) is 6.10 Å². The van der Waals surface area contributed by atoms with E-state index in [4.69, 9.17) is 4.74 Å². The Bertz CT molecular complexity index is 483. The van der Waals surface area contributed by atoms with Gasteiger partial charge in [-0.15, -0.1) is 0 Å². The van der Waals surface area contributed by atoms with Gasteiger partial charge in [-0.3, -0.25) is 0 Å². The van der Waals surface area contributed by atoms with E-state index in [0.29, 0.717) is 6.04 Å². The summed E-state index contributed by atoms with van der Waals surface area (Å²) >= 11 is 1.76. The first kappa shape index (κ1) is 16.2. The molecule has 1 aromatic carbocycles. The van der Waals surface area contributed by atoms with Gasteiger partial charge in [-0.25, -0.2) is 0 Å². The molecular formula is C18H25NOS. The van der Waals surface area contributed by atoms with Crippen LogP contribution < -0.4 is 5.32 Å². The lowest BCUT2D eigenvalue weighted by molar-refractivity contribution is 0.0332. The van der Waals surface area contributed by atoms with Crippen molar-refractivity contribution >= 4 is 11.3 Å². The minimum absolute atomic E-state index is 0.0997. The van der Waals surface area contributed by atoms with Gasteiger partial charge in [-0.05, 0) is 54.3 Å². The van der Waals surface area contributed by atoms with Crippen molar-refractivity contribution in [1.82, 2.24) is 5.32 Å². The second-order valence-electron chi connectivity index (χ2n) is 5.18. The molecule has 2 rings (SSSR count). The van der Waals surface area contributed by atoms with Gasteiger partial charge in [0.2, 0.25) is 0 Å². The predicted octanol–water partition coefficient (Wildman–Crippen LogP) is 4.44. The van der Waals surface area contributed by atoms with E-state index >= 15 is 0 Å². The molecule has 1 heterocycles. The summed E-state index contributed by atoms with van der Waals surface area (Å²) in [6, 6.07) is 13.1. The van der Waals surface area contributed by atoms with Crippen molar-refractivity contribution in [2.45, 2.75) is 38.8 Å². The van der Waals surface area contributed by atoms with Gasteiger partial charge < -0.3 is 10.1 Å². The number of ether oxygens (including phenoxy) is 1. The molecule has 114 valence electrons. The average Bonchev–Trinajstić information content (AvgIpc) is 3.03. The van der Waals surface area contributed by atoms with Crippen LogP contribution in [0.2, 0.25) is 0 Å². The second-order valence-corrected chi connectivity index (χ2v) is 5.96. The van der Waals surface area contributed by atoms with Crippen LogP contribution in [0, 0.1) is 0 Å². The second kappa shape index (κ2) is 8.98. The highest BCUT2D eigenvalue weighted by atomic mass is 32.1. The van der Waals surface area contributed by atoms with Gasteiger partial charge in [0, 0.05) is 12.6 Å². The minimum Gasteiger partial charge on any atom is -0.372 e. The van der Waals surface area contributed by atoms with E-state index in [1.807, 2.05) is 0 Å². The lowest BCUT2D eigenvalue weighted by Crippen LogP contribution is -2.38. The third-order valence-electron chi connectivity index (χ3n) is 3.53. The fraction of sp³-hybridized carbons (Fsp3) is 0.444. The van der Waals surface area contributed by atoms with E-state index in [2.05, 4.69) is 66.3 Å². The number of thiophene rings is 1. The molecule has 0 spiro atoms. The molecule has 2 aromatic rings. The summed E-state index contributed by atoms with van der Waals surface area (Å²) in [5.41, 5.74) is 2.64. The maximum Gasteiger partial charge on any atom is 0.0980 e. The topological polar surface area (TPSA) is 21.3 Å². The van der Waals surface area contributed by atoms with Crippen molar-refractivity contribution in [2.24, 2.45) is 0 Å². The lowest BCUT2D eigenvalue weighted by Gasteiger charge is -2.28. The summed E-state index contributed by atoms with van der Waals surface area (Å²) in [4.78, 5) is 0. The highest BCUT2D eigenvalue weighted by Crippen LogP contribution is 2.24. The Hall–Kier alpha value is -1.16. The molecule has 0 saturated heterocycles. The van der Waals surface area contributed by atoms with Crippen LogP contribution in [0.25, 0.3) is 0 Å². The van der Waals surface area contributed by atoms with Crippen LogP contribution in [0.1, 0.15) is 37.5 Å². The SMILES string of the molecule is CCCNC(Cc1ccsc1)C(OCC)c1ccccc1. The Morgan fingerprint density at radius 1 is 1.14 bits per heavy atom. The molecule has 0 amide bonds. The zero-order chi connectivity index (χ0) is 14.9. The molecule has 0 radical (unpaired) electrons. The molecule has 2 unspecified atom stereocenters. The maximum absolute atomic E-state index is 6.08. The van der Waals surface area contributed by atoms with Gasteiger partial charge in [-0.2, -0.15) is 11.3 Å². The van der Waals surface area contributed by atoms with Gasteiger partial charge in [0.25, 0.3) is 0 Å². The Morgan fingerprint density at radius 3 is 2.57 bits per heavy atom. The Kier molecular flexibility index (Phi) is 6.93. The van der Waals surface area contributed by atoms with Crippen LogP contribution in [0.4, 0.5) is 0 Å². The molecule has 0 aliphatic rings. The Morgan fingerprint density at radius 2 is 1.95 bits per heavy atom. The smallest absolute Gasteiger partial charge is 0.0980 e. The fourth-order valence-electron chi connectivity index (χ4n) is 2.55. The molecule has 0 fully saturated rings. The van der Waals surface area contributed by atoms with Crippen LogP contribution >= 0.6 is 11.3 Å². The number of benzene rings is 1. The van der Waals surface area contributed by atoms with Crippen molar-refractivity contribution in [3.8, 4) is 0 Å². The monoisotopic (exact) mass is 303 g/mol. The molecule has 2 nitrogen and oxygen atoms in total. The number of hydrogen-bond donors (Lipinski definition) is 1. The number of hydrogen-bond acceptors (Lipinski definition) is 3. The molecule has 0 aliphatic carbocycles. The zero-order valence-electron chi connectivity index (χ0n) is 12.9. The van der Waals surface area contributed by atoms with Crippen LogP contribution in [-0.4, -0.2) is 19.2 Å². The largest absolute Gasteiger partial charge is 0.372 e. The highest BCUT2D eigenvalue weighted by Gasteiger charge is 2.23. The van der Waals surface area contributed by atoms with Crippen LogP contribution in [0.15, 0.2) is 47.2 Å². The molecule has 0 bridgehead atoms. The predicted molar refractivity (Wildman–Crippen MR) is 90.9 cm³/mol. The quantitative estimate of drug-likeness (QED) is 0.739. The van der Waals surface area contributed by atoms with Crippen LogP contribution in [-0.2, 0) is 11.2 Å². The molecule has 1 aromatic heterocycles. The van der Waals surface area contributed by atoms with E-state index in [1.165, 1.54) is 11.1 Å². The van der Waals surface area contributed by atoms with Crippen molar-refractivity contribution in [2.75, 3.05) is 13.2 Å². The van der Waals surface area contributed by atoms with E-state index in [1.54, 1.807) is 11.3 Å². The summed E-state index contributed by atoms with van der Waals surface area (Å²) in [6.07, 6.45) is 2.24. The van der Waals surface area contributed by atoms with Gasteiger partial charge in [0.15, 0.2) is 0 Å². The van der Waals surface area contributed by atoms with Crippen molar-refractivity contribution < 1.29 is 4.74 Å². The van der Waals surface area contributed by atoms with Crippen LogP contribution in [0.3, 0.4) is 0 Å². The van der Waals surface area contributed by atoms with Crippen LogP contribution in [0.5, 0.6) is 0 Å². The lowest BCUT2D eigenvalue weighted by atomic mass is 9.97. The molecule has 0 aliphatic heterocycles. The normalized spacial score (nSPS) is 14.0. The summed E-state index contributed by atoms with van der Waals surface area (Å²) in [5, 5.41) is 8.04. The summed E-state index contributed by atoms with van der Waals surface area (Å²) < 4.78 is 6.08. The highest BCUT2D eigenvalue weighted by molar-refractivity contribution is 7.07. The van der Waals surface area contributed by atoms with Crippen molar-refractivity contribution in [1.29, 1.82) is 0 Å². The molecule has 2 atom stereocenters. The summed E-state index contributed by atoms with van der Waals surface area (Å²) in [7, 11) is 0. The summed E-state index contributed by atoms with van der Waals surface area (Å²) in [6.45, 7) is 6.02. The first-order valence-electron chi connectivity index (χ1n) is 7.76. The van der Waals surface area contributed by atoms with E-state index < -0.39 is 0 Å². The first-order valence-corrected chi connectivity index (χ1v) is 8.70. The third kappa shape index (κ3) is 4.95. The fourth-order valence-corrected chi connectivity index (χ4v) is 3.23. The number of rotatable bonds is 9. The number of nitrogens with one attached hydrogen (secondary N) is 1. The molecular weight excluding hydrogens is 278 g/mol. The Balaban J connectivity index is 2.17. The van der Waals surface area contributed by atoms with Crippen molar-refractivity contribution in [3.05, 3.63) is 58.3 Å². The minimum atomic E-state index is 0.0997. The van der Waals surface area contributed by atoms with E-state index in [9.17, 15) is 0 Å². The standard InChI is InChI=1S/C18H25NOS/c1-3-11-19-17(13-15-10-12-21-14-15)18(20-4-2)16-8-6-5-7-9-16/h5-10,12,14,17-19H,3-4,11,13H2,1-2H3. The average molecular weight is 303 g/mol. The van der Waals surface area contributed by atoms with Gasteiger partial charge in [0.1, 0.15) is 0 Å².